The SMILES string of the molecule is Cc1cc(Cl)ccc1NC(=O)Cc1scnc1C. The predicted molar refractivity (Wildman–Crippen MR) is 75.4 cm³/mol. The third kappa shape index (κ3) is 3.09. The van der Waals surface area contributed by atoms with Crippen LogP contribution in [-0.2, 0) is 11.2 Å². The van der Waals surface area contributed by atoms with E-state index in [9.17, 15) is 4.79 Å². The molecule has 1 aromatic heterocycles. The summed E-state index contributed by atoms with van der Waals surface area (Å²) in [7, 11) is 0. The molecule has 0 fully saturated rings. The third-order valence-electron chi connectivity index (χ3n) is 2.63. The Morgan fingerprint density at radius 3 is 2.83 bits per heavy atom. The van der Waals surface area contributed by atoms with Gasteiger partial charge in [-0.1, -0.05) is 11.6 Å². The van der Waals surface area contributed by atoms with Crippen molar-refractivity contribution in [1.29, 1.82) is 0 Å². The summed E-state index contributed by atoms with van der Waals surface area (Å²) >= 11 is 7.37. The highest BCUT2D eigenvalue weighted by Gasteiger charge is 2.09. The molecule has 1 aromatic carbocycles. The molecule has 2 aromatic rings. The van der Waals surface area contributed by atoms with Crippen LogP contribution in [-0.4, -0.2) is 10.9 Å². The van der Waals surface area contributed by atoms with E-state index >= 15 is 0 Å². The lowest BCUT2D eigenvalue weighted by molar-refractivity contribution is -0.115. The van der Waals surface area contributed by atoms with E-state index < -0.39 is 0 Å². The number of carbonyl (C=O) groups is 1. The highest BCUT2D eigenvalue weighted by molar-refractivity contribution is 7.09. The molecule has 5 heteroatoms. The Hall–Kier alpha value is -1.39. The molecule has 0 unspecified atom stereocenters. The number of hydrogen-bond donors (Lipinski definition) is 1. The van der Waals surface area contributed by atoms with Crippen LogP contribution in [0.4, 0.5) is 5.69 Å². The molecule has 18 heavy (non-hydrogen) atoms. The van der Waals surface area contributed by atoms with Crippen molar-refractivity contribution in [2.45, 2.75) is 20.3 Å². The van der Waals surface area contributed by atoms with Gasteiger partial charge < -0.3 is 5.32 Å². The minimum absolute atomic E-state index is 0.0345. The van der Waals surface area contributed by atoms with Crippen molar-refractivity contribution in [1.82, 2.24) is 4.98 Å². The third-order valence-corrected chi connectivity index (χ3v) is 3.80. The molecular weight excluding hydrogens is 268 g/mol. The van der Waals surface area contributed by atoms with Crippen LogP contribution < -0.4 is 5.32 Å². The molecule has 1 N–H and O–H groups in total. The van der Waals surface area contributed by atoms with Gasteiger partial charge in [-0.3, -0.25) is 4.79 Å². The molecule has 0 radical (unpaired) electrons. The fourth-order valence-electron chi connectivity index (χ4n) is 1.60. The number of anilines is 1. The van der Waals surface area contributed by atoms with Crippen molar-refractivity contribution in [3.8, 4) is 0 Å². The van der Waals surface area contributed by atoms with Crippen molar-refractivity contribution >= 4 is 34.5 Å². The Morgan fingerprint density at radius 2 is 2.22 bits per heavy atom. The van der Waals surface area contributed by atoms with Gasteiger partial charge in [0.05, 0.1) is 17.6 Å². The molecule has 94 valence electrons. The number of nitrogens with zero attached hydrogens (tertiary/aromatic N) is 1. The standard InChI is InChI=1S/C13H13ClN2OS/c1-8-5-10(14)3-4-11(8)16-13(17)6-12-9(2)15-7-18-12/h3-5,7H,6H2,1-2H3,(H,16,17). The number of aromatic nitrogens is 1. The fourth-order valence-corrected chi connectivity index (χ4v) is 2.61. The second-order valence-electron chi connectivity index (χ2n) is 4.05. The van der Waals surface area contributed by atoms with Crippen molar-refractivity contribution in [3.63, 3.8) is 0 Å². The summed E-state index contributed by atoms with van der Waals surface area (Å²) in [4.78, 5) is 17.0. The Bertz CT molecular complexity index is 580. The Morgan fingerprint density at radius 1 is 1.44 bits per heavy atom. The number of amides is 1. The monoisotopic (exact) mass is 280 g/mol. The summed E-state index contributed by atoms with van der Waals surface area (Å²) in [6.07, 6.45) is 0.360. The first-order valence-electron chi connectivity index (χ1n) is 5.51. The number of halogens is 1. The summed E-state index contributed by atoms with van der Waals surface area (Å²) in [5.74, 6) is -0.0345. The van der Waals surface area contributed by atoms with Gasteiger partial charge in [0.25, 0.3) is 0 Å². The molecule has 3 nitrogen and oxygen atoms in total. The molecular formula is C13H13ClN2OS. The Kier molecular flexibility index (Phi) is 3.99. The minimum atomic E-state index is -0.0345. The summed E-state index contributed by atoms with van der Waals surface area (Å²) in [5.41, 5.74) is 4.43. The normalized spacial score (nSPS) is 10.4. The van der Waals surface area contributed by atoms with Gasteiger partial charge in [-0.05, 0) is 37.6 Å². The van der Waals surface area contributed by atoms with E-state index in [4.69, 9.17) is 11.6 Å². The van der Waals surface area contributed by atoms with Crippen LogP contribution in [0.15, 0.2) is 23.7 Å². The zero-order valence-electron chi connectivity index (χ0n) is 10.2. The second-order valence-corrected chi connectivity index (χ2v) is 5.42. The summed E-state index contributed by atoms with van der Waals surface area (Å²) in [6, 6.07) is 5.41. The molecule has 0 atom stereocenters. The van der Waals surface area contributed by atoms with E-state index in [1.54, 1.807) is 11.6 Å². The van der Waals surface area contributed by atoms with Crippen LogP contribution in [0.3, 0.4) is 0 Å². The van der Waals surface area contributed by atoms with Gasteiger partial charge in [-0.25, -0.2) is 4.98 Å². The molecule has 0 bridgehead atoms. The fraction of sp³-hybridized carbons (Fsp3) is 0.231. The van der Waals surface area contributed by atoms with Gasteiger partial charge in [0.15, 0.2) is 0 Å². The van der Waals surface area contributed by atoms with Crippen molar-refractivity contribution < 1.29 is 4.79 Å². The molecule has 0 saturated carbocycles. The lowest BCUT2D eigenvalue weighted by Crippen LogP contribution is -2.15. The number of thiazole rings is 1. The van der Waals surface area contributed by atoms with E-state index in [0.29, 0.717) is 11.4 Å². The number of hydrogen-bond acceptors (Lipinski definition) is 3. The molecule has 2 rings (SSSR count). The quantitative estimate of drug-likeness (QED) is 0.933. The predicted octanol–water partition coefficient (Wildman–Crippen LogP) is 3.59. The maximum absolute atomic E-state index is 11.9. The van der Waals surface area contributed by atoms with Crippen molar-refractivity contribution in [2.75, 3.05) is 5.32 Å². The largest absolute Gasteiger partial charge is 0.326 e. The van der Waals surface area contributed by atoms with Crippen LogP contribution in [0.1, 0.15) is 16.1 Å². The topological polar surface area (TPSA) is 42.0 Å². The van der Waals surface area contributed by atoms with E-state index in [0.717, 1.165) is 21.8 Å². The molecule has 0 aliphatic heterocycles. The highest BCUT2D eigenvalue weighted by Crippen LogP contribution is 2.20. The maximum Gasteiger partial charge on any atom is 0.229 e. The summed E-state index contributed by atoms with van der Waals surface area (Å²) in [5, 5.41) is 3.55. The van der Waals surface area contributed by atoms with Gasteiger partial charge in [-0.15, -0.1) is 11.3 Å². The number of carbonyl (C=O) groups excluding carboxylic acids is 1. The van der Waals surface area contributed by atoms with Gasteiger partial charge in [-0.2, -0.15) is 0 Å². The number of rotatable bonds is 3. The van der Waals surface area contributed by atoms with Gasteiger partial charge in [0.1, 0.15) is 0 Å². The molecule has 0 aliphatic carbocycles. The van der Waals surface area contributed by atoms with Crippen LogP contribution in [0.5, 0.6) is 0 Å². The molecule has 1 amide bonds. The number of nitrogens with one attached hydrogen (secondary N) is 1. The van der Waals surface area contributed by atoms with Crippen molar-refractivity contribution in [2.24, 2.45) is 0 Å². The zero-order chi connectivity index (χ0) is 13.1. The van der Waals surface area contributed by atoms with Crippen molar-refractivity contribution in [3.05, 3.63) is 44.9 Å². The first-order chi connectivity index (χ1) is 8.56. The van der Waals surface area contributed by atoms with Crippen LogP contribution in [0.2, 0.25) is 5.02 Å². The molecule has 0 saturated heterocycles. The lowest BCUT2D eigenvalue weighted by Gasteiger charge is -2.08. The highest BCUT2D eigenvalue weighted by atomic mass is 35.5. The average molecular weight is 281 g/mol. The smallest absolute Gasteiger partial charge is 0.229 e. The minimum Gasteiger partial charge on any atom is -0.326 e. The van der Waals surface area contributed by atoms with Crippen LogP contribution in [0, 0.1) is 13.8 Å². The molecule has 0 aliphatic rings. The Labute approximate surface area is 115 Å². The zero-order valence-corrected chi connectivity index (χ0v) is 11.7. The van der Waals surface area contributed by atoms with E-state index in [1.807, 2.05) is 26.0 Å². The van der Waals surface area contributed by atoms with E-state index in [-0.39, 0.29) is 5.91 Å². The first-order valence-corrected chi connectivity index (χ1v) is 6.77. The summed E-state index contributed by atoms with van der Waals surface area (Å²) in [6.45, 7) is 3.83. The maximum atomic E-state index is 11.9. The second kappa shape index (κ2) is 5.50. The lowest BCUT2D eigenvalue weighted by atomic mass is 10.2. The summed E-state index contributed by atoms with van der Waals surface area (Å²) < 4.78 is 0. The van der Waals surface area contributed by atoms with Gasteiger partial charge in [0, 0.05) is 15.6 Å². The molecule has 0 spiro atoms. The van der Waals surface area contributed by atoms with Crippen LogP contribution in [0.25, 0.3) is 0 Å². The Balaban J connectivity index is 2.05. The first kappa shape index (κ1) is 13.1. The molecule has 1 heterocycles. The van der Waals surface area contributed by atoms with Gasteiger partial charge in [0.2, 0.25) is 5.91 Å². The van der Waals surface area contributed by atoms with E-state index in [2.05, 4.69) is 10.3 Å². The number of aryl methyl sites for hydroxylation is 2. The van der Waals surface area contributed by atoms with Gasteiger partial charge >= 0.3 is 0 Å². The average Bonchev–Trinajstić information content (AvgIpc) is 2.69. The van der Waals surface area contributed by atoms with E-state index in [1.165, 1.54) is 11.3 Å². The number of benzene rings is 1. The van der Waals surface area contributed by atoms with Crippen LogP contribution >= 0.6 is 22.9 Å².